The van der Waals surface area contributed by atoms with E-state index in [1.807, 2.05) is 0 Å². The fraction of sp³-hybridized carbons (Fsp3) is 0.368. The van der Waals surface area contributed by atoms with Crippen molar-refractivity contribution in [2.24, 2.45) is 0 Å². The molecule has 0 aliphatic heterocycles. The van der Waals surface area contributed by atoms with Gasteiger partial charge in [0.1, 0.15) is 5.75 Å². The average Bonchev–Trinajstić information content (AvgIpc) is 2.53. The molecule has 0 bridgehead atoms. The summed E-state index contributed by atoms with van der Waals surface area (Å²) in [4.78, 5) is 0. The molecule has 1 aliphatic carbocycles. The molecule has 0 amide bonds. The first-order valence-electron chi connectivity index (χ1n) is 7.69. The first-order chi connectivity index (χ1) is 10.2. The Morgan fingerprint density at radius 2 is 1.90 bits per heavy atom. The maximum Gasteiger partial charge on any atom is 0.119 e. The van der Waals surface area contributed by atoms with Crippen LogP contribution in [0.5, 0.6) is 5.75 Å². The second kappa shape index (κ2) is 6.31. The summed E-state index contributed by atoms with van der Waals surface area (Å²) in [6, 6.07) is 15.8. The number of nitrogens with one attached hydrogen (secondary N) is 1. The highest BCUT2D eigenvalue weighted by Gasteiger charge is 2.18. The van der Waals surface area contributed by atoms with Gasteiger partial charge >= 0.3 is 0 Å². The molecule has 0 saturated heterocycles. The lowest BCUT2D eigenvalue weighted by atomic mass is 9.88. The van der Waals surface area contributed by atoms with Gasteiger partial charge in [-0.3, -0.25) is 0 Å². The second-order valence-electron chi connectivity index (χ2n) is 5.94. The molecular formula is C19H23NO. The minimum atomic E-state index is 0.561. The molecule has 0 fully saturated rings. The standard InChI is InChI=1S/C19H23NO/c1-14-3-5-15(6-4-14)13-20-18-9-7-16-8-10-19(21-2)12-17(16)11-18/h3-6,8,10,12,18,20H,7,9,11,13H2,1-2H3. The van der Waals surface area contributed by atoms with Gasteiger partial charge in [0.2, 0.25) is 0 Å². The van der Waals surface area contributed by atoms with Gasteiger partial charge in [0.15, 0.2) is 0 Å². The van der Waals surface area contributed by atoms with E-state index in [4.69, 9.17) is 4.74 Å². The number of fused-ring (bicyclic) bond motifs is 1. The van der Waals surface area contributed by atoms with Crippen LogP contribution in [0.2, 0.25) is 0 Å². The third-order valence-electron chi connectivity index (χ3n) is 4.36. The Morgan fingerprint density at radius 1 is 1.10 bits per heavy atom. The van der Waals surface area contributed by atoms with E-state index < -0.39 is 0 Å². The van der Waals surface area contributed by atoms with Crippen LogP contribution in [0, 0.1) is 6.92 Å². The van der Waals surface area contributed by atoms with E-state index in [9.17, 15) is 0 Å². The molecule has 21 heavy (non-hydrogen) atoms. The molecule has 2 aromatic carbocycles. The van der Waals surface area contributed by atoms with Crippen LogP contribution in [0.25, 0.3) is 0 Å². The smallest absolute Gasteiger partial charge is 0.119 e. The van der Waals surface area contributed by atoms with E-state index in [1.165, 1.54) is 28.7 Å². The van der Waals surface area contributed by atoms with Crippen molar-refractivity contribution in [1.82, 2.24) is 5.32 Å². The lowest BCUT2D eigenvalue weighted by Gasteiger charge is -2.26. The Labute approximate surface area is 127 Å². The summed E-state index contributed by atoms with van der Waals surface area (Å²) in [5.74, 6) is 0.966. The number of hydrogen-bond donors (Lipinski definition) is 1. The topological polar surface area (TPSA) is 21.3 Å². The highest BCUT2D eigenvalue weighted by molar-refractivity contribution is 5.38. The molecule has 1 aliphatic rings. The van der Waals surface area contributed by atoms with Crippen LogP contribution in [0.15, 0.2) is 42.5 Å². The number of benzene rings is 2. The van der Waals surface area contributed by atoms with Gasteiger partial charge in [-0.25, -0.2) is 0 Å². The van der Waals surface area contributed by atoms with Gasteiger partial charge in [0.25, 0.3) is 0 Å². The van der Waals surface area contributed by atoms with Crippen LogP contribution in [0.1, 0.15) is 28.7 Å². The lowest BCUT2D eigenvalue weighted by molar-refractivity contribution is 0.411. The van der Waals surface area contributed by atoms with Crippen molar-refractivity contribution < 1.29 is 4.74 Å². The van der Waals surface area contributed by atoms with Gasteiger partial charge in [-0.1, -0.05) is 35.9 Å². The number of methoxy groups -OCH3 is 1. The molecule has 0 heterocycles. The van der Waals surface area contributed by atoms with Crippen molar-refractivity contribution in [2.75, 3.05) is 7.11 Å². The monoisotopic (exact) mass is 281 g/mol. The summed E-state index contributed by atoms with van der Waals surface area (Å²) in [6.45, 7) is 3.08. The van der Waals surface area contributed by atoms with Crippen LogP contribution < -0.4 is 10.1 Å². The van der Waals surface area contributed by atoms with Crippen LogP contribution in [-0.4, -0.2) is 13.2 Å². The third kappa shape index (κ3) is 3.45. The van der Waals surface area contributed by atoms with Crippen LogP contribution in [0.4, 0.5) is 0 Å². The fourth-order valence-corrected chi connectivity index (χ4v) is 3.00. The zero-order valence-electron chi connectivity index (χ0n) is 12.9. The van der Waals surface area contributed by atoms with Gasteiger partial charge in [-0.2, -0.15) is 0 Å². The van der Waals surface area contributed by atoms with E-state index in [2.05, 4.69) is 54.7 Å². The Bertz CT molecular complexity index is 603. The van der Waals surface area contributed by atoms with E-state index in [0.29, 0.717) is 6.04 Å². The zero-order chi connectivity index (χ0) is 14.7. The predicted octanol–water partition coefficient (Wildman–Crippen LogP) is 3.65. The van der Waals surface area contributed by atoms with E-state index >= 15 is 0 Å². The largest absolute Gasteiger partial charge is 0.497 e. The van der Waals surface area contributed by atoms with E-state index in [0.717, 1.165) is 25.1 Å². The summed E-state index contributed by atoms with van der Waals surface area (Å²) >= 11 is 0. The van der Waals surface area contributed by atoms with Crippen molar-refractivity contribution >= 4 is 0 Å². The van der Waals surface area contributed by atoms with Gasteiger partial charge < -0.3 is 10.1 Å². The van der Waals surface area contributed by atoms with E-state index in [-0.39, 0.29) is 0 Å². The van der Waals surface area contributed by atoms with Gasteiger partial charge in [-0.15, -0.1) is 0 Å². The molecule has 2 nitrogen and oxygen atoms in total. The molecular weight excluding hydrogens is 258 g/mol. The molecule has 0 radical (unpaired) electrons. The summed E-state index contributed by atoms with van der Waals surface area (Å²) < 4.78 is 5.34. The van der Waals surface area contributed by atoms with Gasteiger partial charge in [0, 0.05) is 12.6 Å². The Kier molecular flexibility index (Phi) is 4.26. The molecule has 3 rings (SSSR count). The first-order valence-corrected chi connectivity index (χ1v) is 7.69. The summed E-state index contributed by atoms with van der Waals surface area (Å²) in [5.41, 5.74) is 5.58. The highest BCUT2D eigenvalue weighted by Crippen LogP contribution is 2.25. The molecule has 0 aromatic heterocycles. The summed E-state index contributed by atoms with van der Waals surface area (Å²) in [7, 11) is 1.73. The molecule has 1 atom stereocenters. The average molecular weight is 281 g/mol. The minimum absolute atomic E-state index is 0.561. The van der Waals surface area contributed by atoms with E-state index in [1.54, 1.807) is 7.11 Å². The number of hydrogen-bond acceptors (Lipinski definition) is 2. The first kappa shape index (κ1) is 14.2. The highest BCUT2D eigenvalue weighted by atomic mass is 16.5. The molecule has 2 heteroatoms. The third-order valence-corrected chi connectivity index (χ3v) is 4.36. The number of aryl methyl sites for hydroxylation is 2. The molecule has 1 unspecified atom stereocenters. The SMILES string of the molecule is COc1ccc2c(c1)CC(NCc1ccc(C)cc1)CC2. The Morgan fingerprint density at radius 3 is 2.67 bits per heavy atom. The lowest BCUT2D eigenvalue weighted by Crippen LogP contribution is -2.34. The van der Waals surface area contributed by atoms with Gasteiger partial charge in [-0.05, 0) is 55.0 Å². The Balaban J connectivity index is 1.62. The predicted molar refractivity (Wildman–Crippen MR) is 86.8 cm³/mol. The van der Waals surface area contributed by atoms with Crippen LogP contribution in [-0.2, 0) is 19.4 Å². The number of rotatable bonds is 4. The van der Waals surface area contributed by atoms with Crippen LogP contribution in [0.3, 0.4) is 0 Å². The second-order valence-corrected chi connectivity index (χ2v) is 5.94. The quantitative estimate of drug-likeness (QED) is 0.923. The maximum absolute atomic E-state index is 5.34. The summed E-state index contributed by atoms with van der Waals surface area (Å²) in [6.07, 6.45) is 3.47. The van der Waals surface area contributed by atoms with Crippen molar-refractivity contribution in [3.63, 3.8) is 0 Å². The van der Waals surface area contributed by atoms with Crippen molar-refractivity contribution in [2.45, 2.75) is 38.8 Å². The molecule has 110 valence electrons. The molecule has 1 N–H and O–H groups in total. The molecule has 0 saturated carbocycles. The zero-order valence-corrected chi connectivity index (χ0v) is 12.9. The van der Waals surface area contributed by atoms with Gasteiger partial charge in [0.05, 0.1) is 7.11 Å². The minimum Gasteiger partial charge on any atom is -0.497 e. The van der Waals surface area contributed by atoms with Crippen molar-refractivity contribution in [3.05, 3.63) is 64.7 Å². The van der Waals surface area contributed by atoms with Crippen LogP contribution >= 0.6 is 0 Å². The maximum atomic E-state index is 5.34. The number of ether oxygens (including phenoxy) is 1. The van der Waals surface area contributed by atoms with Crippen molar-refractivity contribution in [1.29, 1.82) is 0 Å². The van der Waals surface area contributed by atoms with Crippen molar-refractivity contribution in [3.8, 4) is 5.75 Å². The fourth-order valence-electron chi connectivity index (χ4n) is 3.00. The summed E-state index contributed by atoms with van der Waals surface area (Å²) in [5, 5.41) is 3.69. The Hall–Kier alpha value is -1.80. The normalized spacial score (nSPS) is 17.3. The molecule has 0 spiro atoms. The molecule has 2 aromatic rings.